The van der Waals surface area contributed by atoms with E-state index in [1.165, 1.54) is 0 Å². The van der Waals surface area contributed by atoms with Gasteiger partial charge in [0.15, 0.2) is 0 Å². The van der Waals surface area contributed by atoms with Crippen LogP contribution >= 0.6 is 12.2 Å². The summed E-state index contributed by atoms with van der Waals surface area (Å²) in [6.45, 7) is 4.00. The van der Waals surface area contributed by atoms with E-state index in [1.807, 2.05) is 56.3 Å². The molecule has 0 aliphatic heterocycles. The lowest BCUT2D eigenvalue weighted by molar-refractivity contribution is 0.475. The fraction of sp³-hybridized carbons (Fsp3) is 0.133. The van der Waals surface area contributed by atoms with Gasteiger partial charge in [0, 0.05) is 5.56 Å². The molecule has 2 rings (SSSR count). The second-order valence-electron chi connectivity index (χ2n) is 4.21. The van der Waals surface area contributed by atoms with Gasteiger partial charge in [-0.25, -0.2) is 0 Å². The first-order chi connectivity index (χ1) is 8.58. The van der Waals surface area contributed by atoms with Crippen LogP contribution in [0.15, 0.2) is 42.5 Å². The second-order valence-corrected chi connectivity index (χ2v) is 4.65. The summed E-state index contributed by atoms with van der Waals surface area (Å²) in [5, 5.41) is 0. The summed E-state index contributed by atoms with van der Waals surface area (Å²) in [6, 6.07) is 13.6. The summed E-state index contributed by atoms with van der Waals surface area (Å²) in [6.07, 6.45) is 0. The molecule has 0 fully saturated rings. The number of nitrogens with two attached hydrogens (primary N) is 1. The topological polar surface area (TPSA) is 35.2 Å². The van der Waals surface area contributed by atoms with Crippen molar-refractivity contribution in [3.05, 3.63) is 59.2 Å². The Morgan fingerprint density at radius 2 is 1.67 bits per heavy atom. The summed E-state index contributed by atoms with van der Waals surface area (Å²) in [4.78, 5) is 0.403. The minimum Gasteiger partial charge on any atom is -0.457 e. The Balaban J connectivity index is 2.30. The van der Waals surface area contributed by atoms with Gasteiger partial charge in [-0.1, -0.05) is 30.4 Å². The molecule has 2 aromatic rings. The van der Waals surface area contributed by atoms with Gasteiger partial charge < -0.3 is 10.5 Å². The van der Waals surface area contributed by atoms with Crippen LogP contribution in [-0.2, 0) is 0 Å². The maximum atomic E-state index is 5.89. The maximum Gasteiger partial charge on any atom is 0.130 e. The van der Waals surface area contributed by atoms with E-state index in [4.69, 9.17) is 22.7 Å². The highest BCUT2D eigenvalue weighted by Gasteiger charge is 2.05. The Labute approximate surface area is 112 Å². The van der Waals surface area contributed by atoms with Crippen LogP contribution in [0, 0.1) is 13.8 Å². The second kappa shape index (κ2) is 5.19. The Hall–Kier alpha value is -1.87. The number of para-hydroxylation sites is 1. The number of benzene rings is 2. The summed E-state index contributed by atoms with van der Waals surface area (Å²) >= 11 is 4.95. The van der Waals surface area contributed by atoms with E-state index in [0.29, 0.717) is 4.99 Å². The van der Waals surface area contributed by atoms with Crippen molar-refractivity contribution in [3.8, 4) is 11.5 Å². The van der Waals surface area contributed by atoms with Gasteiger partial charge in [-0.15, -0.1) is 0 Å². The zero-order valence-electron chi connectivity index (χ0n) is 10.4. The van der Waals surface area contributed by atoms with Gasteiger partial charge in [0.1, 0.15) is 16.5 Å². The lowest BCUT2D eigenvalue weighted by Gasteiger charge is -2.11. The van der Waals surface area contributed by atoms with Crippen molar-refractivity contribution in [1.82, 2.24) is 0 Å². The van der Waals surface area contributed by atoms with E-state index in [-0.39, 0.29) is 0 Å². The molecule has 92 valence electrons. The molecule has 2 aromatic carbocycles. The summed E-state index contributed by atoms with van der Waals surface area (Å²) in [7, 11) is 0. The summed E-state index contributed by atoms with van der Waals surface area (Å²) < 4.78 is 5.89. The molecule has 0 aromatic heterocycles. The summed E-state index contributed by atoms with van der Waals surface area (Å²) in [5.74, 6) is 1.69. The van der Waals surface area contributed by atoms with E-state index in [9.17, 15) is 0 Å². The van der Waals surface area contributed by atoms with Crippen LogP contribution in [0.4, 0.5) is 0 Å². The number of ether oxygens (including phenoxy) is 1. The highest BCUT2D eigenvalue weighted by Crippen LogP contribution is 2.27. The van der Waals surface area contributed by atoms with Gasteiger partial charge in [0.2, 0.25) is 0 Å². The molecule has 0 aliphatic rings. The predicted molar refractivity (Wildman–Crippen MR) is 78.3 cm³/mol. The van der Waals surface area contributed by atoms with Gasteiger partial charge in [0.05, 0.1) is 0 Å². The average molecular weight is 257 g/mol. The molecular weight excluding hydrogens is 242 g/mol. The van der Waals surface area contributed by atoms with Crippen molar-refractivity contribution in [3.63, 3.8) is 0 Å². The van der Waals surface area contributed by atoms with Gasteiger partial charge >= 0.3 is 0 Å². The third kappa shape index (κ3) is 2.68. The van der Waals surface area contributed by atoms with Gasteiger partial charge in [-0.05, 0) is 49.2 Å². The molecular formula is C15H15NOS. The van der Waals surface area contributed by atoms with Crippen LogP contribution in [0.5, 0.6) is 11.5 Å². The highest BCUT2D eigenvalue weighted by molar-refractivity contribution is 7.80. The number of hydrogen-bond acceptors (Lipinski definition) is 2. The third-order valence-electron chi connectivity index (χ3n) is 2.77. The van der Waals surface area contributed by atoms with E-state index in [0.717, 1.165) is 28.2 Å². The molecule has 18 heavy (non-hydrogen) atoms. The van der Waals surface area contributed by atoms with Crippen molar-refractivity contribution in [2.45, 2.75) is 13.8 Å². The zero-order chi connectivity index (χ0) is 13.1. The molecule has 0 radical (unpaired) electrons. The average Bonchev–Trinajstić information content (AvgIpc) is 2.34. The molecule has 0 bridgehead atoms. The van der Waals surface area contributed by atoms with Crippen molar-refractivity contribution in [2.24, 2.45) is 5.73 Å². The zero-order valence-corrected chi connectivity index (χ0v) is 11.3. The number of rotatable bonds is 3. The van der Waals surface area contributed by atoms with Gasteiger partial charge in [-0.3, -0.25) is 0 Å². The quantitative estimate of drug-likeness (QED) is 0.851. The van der Waals surface area contributed by atoms with Crippen LogP contribution in [0.25, 0.3) is 0 Å². The van der Waals surface area contributed by atoms with Gasteiger partial charge in [-0.2, -0.15) is 0 Å². The standard InChI is InChI=1S/C15H15NOS/c1-10-5-3-4-6-13(10)17-14-8-7-12(15(16)18)9-11(14)2/h3-9H,1-2H3,(H2,16,18). The molecule has 0 saturated heterocycles. The van der Waals surface area contributed by atoms with Crippen LogP contribution in [0.1, 0.15) is 16.7 Å². The Bertz CT molecular complexity index is 593. The Morgan fingerprint density at radius 3 is 2.28 bits per heavy atom. The smallest absolute Gasteiger partial charge is 0.130 e. The normalized spacial score (nSPS) is 10.1. The number of hydrogen-bond donors (Lipinski definition) is 1. The lowest BCUT2D eigenvalue weighted by Crippen LogP contribution is -2.09. The maximum absolute atomic E-state index is 5.89. The summed E-state index contributed by atoms with van der Waals surface area (Å²) in [5.41, 5.74) is 8.58. The molecule has 0 saturated carbocycles. The van der Waals surface area contributed by atoms with Gasteiger partial charge in [0.25, 0.3) is 0 Å². The minimum absolute atomic E-state index is 0.403. The first kappa shape index (κ1) is 12.6. The molecule has 3 heteroatoms. The van der Waals surface area contributed by atoms with Crippen molar-refractivity contribution in [2.75, 3.05) is 0 Å². The molecule has 0 spiro atoms. The Morgan fingerprint density at radius 1 is 1.00 bits per heavy atom. The third-order valence-corrected chi connectivity index (χ3v) is 3.01. The van der Waals surface area contributed by atoms with Crippen LogP contribution < -0.4 is 10.5 Å². The largest absolute Gasteiger partial charge is 0.457 e. The predicted octanol–water partition coefficient (Wildman–Crippen LogP) is 3.73. The first-order valence-electron chi connectivity index (χ1n) is 5.72. The lowest BCUT2D eigenvalue weighted by atomic mass is 10.1. The van der Waals surface area contributed by atoms with Crippen LogP contribution in [-0.4, -0.2) is 4.99 Å². The van der Waals surface area contributed by atoms with Crippen LogP contribution in [0.2, 0.25) is 0 Å². The van der Waals surface area contributed by atoms with Crippen molar-refractivity contribution < 1.29 is 4.74 Å². The minimum atomic E-state index is 0.403. The molecule has 0 unspecified atom stereocenters. The Kier molecular flexibility index (Phi) is 3.63. The molecule has 0 aliphatic carbocycles. The first-order valence-corrected chi connectivity index (χ1v) is 6.12. The van der Waals surface area contributed by atoms with Crippen LogP contribution in [0.3, 0.4) is 0 Å². The van der Waals surface area contributed by atoms with E-state index in [1.54, 1.807) is 0 Å². The number of thiocarbonyl (C=S) groups is 1. The fourth-order valence-corrected chi connectivity index (χ4v) is 1.83. The molecule has 2 nitrogen and oxygen atoms in total. The van der Waals surface area contributed by atoms with E-state index in [2.05, 4.69) is 0 Å². The molecule has 2 N–H and O–H groups in total. The number of aryl methyl sites for hydroxylation is 2. The van der Waals surface area contributed by atoms with E-state index >= 15 is 0 Å². The molecule has 0 atom stereocenters. The van der Waals surface area contributed by atoms with Crippen molar-refractivity contribution in [1.29, 1.82) is 0 Å². The monoisotopic (exact) mass is 257 g/mol. The fourth-order valence-electron chi connectivity index (χ4n) is 1.71. The molecule has 0 heterocycles. The highest BCUT2D eigenvalue weighted by atomic mass is 32.1. The SMILES string of the molecule is Cc1ccccc1Oc1ccc(C(N)=S)cc1C. The van der Waals surface area contributed by atoms with Crippen molar-refractivity contribution >= 4 is 17.2 Å². The molecule has 0 amide bonds. The van der Waals surface area contributed by atoms with E-state index < -0.39 is 0 Å².